The SMILES string of the molecule is CC.CCC(=O)N(CCCc1ccccc1)Cc1ccc(-c2ccccc2CC(=O)O)cc1. The first-order chi connectivity index (χ1) is 16.1. The van der Waals surface area contributed by atoms with Crippen LogP contribution in [0.15, 0.2) is 78.9 Å². The molecule has 0 bridgehead atoms. The van der Waals surface area contributed by atoms with E-state index in [2.05, 4.69) is 12.1 Å². The molecule has 0 saturated heterocycles. The van der Waals surface area contributed by atoms with Gasteiger partial charge < -0.3 is 10.0 Å². The zero-order valence-electron chi connectivity index (χ0n) is 20.0. The second-order valence-corrected chi connectivity index (χ2v) is 7.68. The van der Waals surface area contributed by atoms with Gasteiger partial charge in [0.15, 0.2) is 0 Å². The van der Waals surface area contributed by atoms with Crippen LogP contribution in [0.2, 0.25) is 0 Å². The molecule has 0 fully saturated rings. The Bertz CT molecular complexity index is 997. The maximum absolute atomic E-state index is 12.5. The number of carboxylic acid groups (broad SMARTS) is 1. The number of nitrogens with zero attached hydrogens (tertiary/aromatic N) is 1. The fourth-order valence-electron chi connectivity index (χ4n) is 3.76. The number of carboxylic acids is 1. The topological polar surface area (TPSA) is 57.6 Å². The van der Waals surface area contributed by atoms with Crippen molar-refractivity contribution in [3.05, 3.63) is 95.6 Å². The molecule has 0 unspecified atom stereocenters. The van der Waals surface area contributed by atoms with Crippen molar-refractivity contribution in [3.8, 4) is 11.1 Å². The normalized spacial score (nSPS) is 10.2. The molecule has 1 amide bonds. The minimum absolute atomic E-state index is 0.00187. The van der Waals surface area contributed by atoms with Crippen molar-refractivity contribution < 1.29 is 14.7 Å². The van der Waals surface area contributed by atoms with Gasteiger partial charge in [-0.3, -0.25) is 9.59 Å². The zero-order chi connectivity index (χ0) is 24.1. The van der Waals surface area contributed by atoms with Crippen LogP contribution < -0.4 is 0 Å². The molecule has 33 heavy (non-hydrogen) atoms. The number of aliphatic carboxylic acids is 1. The van der Waals surface area contributed by atoms with Crippen LogP contribution in [0.1, 0.15) is 50.3 Å². The number of aryl methyl sites for hydroxylation is 1. The van der Waals surface area contributed by atoms with E-state index in [4.69, 9.17) is 5.11 Å². The van der Waals surface area contributed by atoms with Gasteiger partial charge in [-0.15, -0.1) is 0 Å². The fraction of sp³-hybridized carbons (Fsp3) is 0.310. The molecule has 0 aliphatic carbocycles. The van der Waals surface area contributed by atoms with Crippen molar-refractivity contribution in [2.75, 3.05) is 6.54 Å². The molecule has 3 rings (SSSR count). The van der Waals surface area contributed by atoms with Gasteiger partial charge in [0.05, 0.1) is 6.42 Å². The van der Waals surface area contributed by atoms with Crippen molar-refractivity contribution in [2.45, 2.75) is 53.0 Å². The van der Waals surface area contributed by atoms with E-state index in [1.807, 2.05) is 92.4 Å². The third-order valence-corrected chi connectivity index (χ3v) is 5.39. The number of carbonyl (C=O) groups excluding carboxylic acids is 1. The monoisotopic (exact) mass is 445 g/mol. The average molecular weight is 446 g/mol. The van der Waals surface area contributed by atoms with Crippen molar-refractivity contribution in [1.82, 2.24) is 4.90 Å². The Morgan fingerprint density at radius 3 is 2.09 bits per heavy atom. The van der Waals surface area contributed by atoms with Gasteiger partial charge in [-0.2, -0.15) is 0 Å². The van der Waals surface area contributed by atoms with Gasteiger partial charge in [-0.1, -0.05) is 99.6 Å². The molecule has 0 saturated carbocycles. The highest BCUT2D eigenvalue weighted by Crippen LogP contribution is 2.25. The Morgan fingerprint density at radius 1 is 0.818 bits per heavy atom. The number of amides is 1. The Morgan fingerprint density at radius 2 is 1.45 bits per heavy atom. The second-order valence-electron chi connectivity index (χ2n) is 7.68. The summed E-state index contributed by atoms with van der Waals surface area (Å²) in [6, 6.07) is 26.0. The molecule has 0 radical (unpaired) electrons. The largest absolute Gasteiger partial charge is 0.481 e. The molecule has 0 aromatic heterocycles. The minimum Gasteiger partial charge on any atom is -0.481 e. The number of hydrogen-bond acceptors (Lipinski definition) is 2. The first-order valence-corrected chi connectivity index (χ1v) is 11.8. The van der Waals surface area contributed by atoms with Crippen LogP contribution in [0, 0.1) is 0 Å². The lowest BCUT2D eigenvalue weighted by Gasteiger charge is -2.22. The van der Waals surface area contributed by atoms with Crippen LogP contribution in [-0.2, 0) is 29.0 Å². The summed E-state index contributed by atoms with van der Waals surface area (Å²) in [5, 5.41) is 9.16. The van der Waals surface area contributed by atoms with Crippen LogP contribution in [0.3, 0.4) is 0 Å². The Hall–Kier alpha value is -3.40. The van der Waals surface area contributed by atoms with Crippen molar-refractivity contribution in [1.29, 1.82) is 0 Å². The highest BCUT2D eigenvalue weighted by Gasteiger charge is 2.13. The number of hydrogen-bond donors (Lipinski definition) is 1. The maximum atomic E-state index is 12.5. The van der Waals surface area contributed by atoms with Crippen LogP contribution in [0.25, 0.3) is 11.1 Å². The lowest BCUT2D eigenvalue weighted by atomic mass is 9.97. The van der Waals surface area contributed by atoms with Gasteiger partial charge in [0.25, 0.3) is 0 Å². The molecule has 4 heteroatoms. The van der Waals surface area contributed by atoms with Gasteiger partial charge >= 0.3 is 5.97 Å². The average Bonchev–Trinajstić information content (AvgIpc) is 2.85. The molecule has 4 nitrogen and oxygen atoms in total. The zero-order valence-corrected chi connectivity index (χ0v) is 20.0. The lowest BCUT2D eigenvalue weighted by molar-refractivity contribution is -0.136. The number of carbonyl (C=O) groups is 2. The maximum Gasteiger partial charge on any atom is 0.307 e. The Balaban J connectivity index is 0.00000187. The van der Waals surface area contributed by atoms with E-state index in [0.29, 0.717) is 13.0 Å². The summed E-state index contributed by atoms with van der Waals surface area (Å²) in [5.74, 6) is -0.683. The summed E-state index contributed by atoms with van der Waals surface area (Å²) >= 11 is 0. The molecule has 174 valence electrons. The van der Waals surface area contributed by atoms with E-state index in [1.54, 1.807) is 0 Å². The molecule has 3 aromatic rings. The Kier molecular flexibility index (Phi) is 10.9. The van der Waals surface area contributed by atoms with Crippen LogP contribution in [0.4, 0.5) is 0 Å². The predicted octanol–water partition coefficient (Wildman–Crippen LogP) is 6.38. The van der Waals surface area contributed by atoms with E-state index in [-0.39, 0.29) is 12.3 Å². The highest BCUT2D eigenvalue weighted by atomic mass is 16.4. The molecule has 0 heterocycles. The van der Waals surface area contributed by atoms with Crippen LogP contribution in [0.5, 0.6) is 0 Å². The second kappa shape index (κ2) is 13.9. The number of rotatable bonds is 10. The standard InChI is InChI=1S/C27H29NO3.C2H6/c1-2-26(29)28(18-8-11-21-9-4-3-5-10-21)20-22-14-16-23(17-15-22)25-13-7-6-12-24(25)19-27(30)31;1-2/h3-7,9-10,12-17H,2,8,11,18-20H2,1H3,(H,30,31);1-2H3. The lowest BCUT2D eigenvalue weighted by Crippen LogP contribution is -2.31. The summed E-state index contributed by atoms with van der Waals surface area (Å²) in [7, 11) is 0. The molecule has 1 N–H and O–H groups in total. The van der Waals surface area contributed by atoms with Crippen LogP contribution in [-0.4, -0.2) is 28.4 Å². The van der Waals surface area contributed by atoms with E-state index in [0.717, 1.165) is 41.6 Å². The Labute approximate surface area is 197 Å². The van der Waals surface area contributed by atoms with Gasteiger partial charge in [-0.25, -0.2) is 0 Å². The summed E-state index contributed by atoms with van der Waals surface area (Å²) in [6.45, 7) is 7.21. The summed E-state index contributed by atoms with van der Waals surface area (Å²) < 4.78 is 0. The third kappa shape index (κ3) is 8.23. The molecule has 0 atom stereocenters. The molecular formula is C29H35NO3. The summed E-state index contributed by atoms with van der Waals surface area (Å²) in [4.78, 5) is 25.6. The van der Waals surface area contributed by atoms with Crippen molar-refractivity contribution in [2.24, 2.45) is 0 Å². The minimum atomic E-state index is -0.840. The van der Waals surface area contributed by atoms with Gasteiger partial charge in [0.1, 0.15) is 0 Å². The van der Waals surface area contributed by atoms with E-state index in [9.17, 15) is 9.59 Å². The first kappa shape index (κ1) is 25.9. The predicted molar refractivity (Wildman–Crippen MR) is 135 cm³/mol. The number of benzene rings is 3. The van der Waals surface area contributed by atoms with Gasteiger partial charge in [0, 0.05) is 19.5 Å². The first-order valence-electron chi connectivity index (χ1n) is 11.8. The molecule has 3 aromatic carbocycles. The van der Waals surface area contributed by atoms with E-state index < -0.39 is 5.97 Å². The smallest absolute Gasteiger partial charge is 0.307 e. The molecular weight excluding hydrogens is 410 g/mol. The van der Waals surface area contributed by atoms with Crippen LogP contribution >= 0.6 is 0 Å². The highest BCUT2D eigenvalue weighted by molar-refractivity contribution is 5.77. The van der Waals surface area contributed by atoms with Gasteiger partial charge in [-0.05, 0) is 40.7 Å². The van der Waals surface area contributed by atoms with Crippen molar-refractivity contribution in [3.63, 3.8) is 0 Å². The van der Waals surface area contributed by atoms with E-state index >= 15 is 0 Å². The molecule has 0 spiro atoms. The van der Waals surface area contributed by atoms with E-state index in [1.165, 1.54) is 5.56 Å². The molecule has 0 aliphatic rings. The quantitative estimate of drug-likeness (QED) is 0.394. The van der Waals surface area contributed by atoms with Crippen molar-refractivity contribution >= 4 is 11.9 Å². The summed E-state index contributed by atoms with van der Waals surface area (Å²) in [6.07, 6.45) is 2.37. The molecule has 0 aliphatic heterocycles. The fourth-order valence-corrected chi connectivity index (χ4v) is 3.76. The summed E-state index contributed by atoms with van der Waals surface area (Å²) in [5.41, 5.74) is 5.07. The van der Waals surface area contributed by atoms with Gasteiger partial charge in [0.2, 0.25) is 5.91 Å². The third-order valence-electron chi connectivity index (χ3n) is 5.39.